The predicted octanol–water partition coefficient (Wildman–Crippen LogP) is 4.37. The molecule has 0 N–H and O–H groups in total. The van der Waals surface area contributed by atoms with Crippen molar-refractivity contribution in [2.45, 2.75) is 45.3 Å². The van der Waals surface area contributed by atoms with E-state index in [1.807, 2.05) is 37.6 Å². The number of nitrogens with zero attached hydrogens (tertiary/aromatic N) is 3. The highest BCUT2D eigenvalue weighted by Gasteiger charge is 2.27. The molecule has 5 nitrogen and oxygen atoms in total. The molecule has 0 saturated carbocycles. The molecule has 1 aromatic carbocycles. The lowest BCUT2D eigenvalue weighted by Gasteiger charge is -2.33. The molecule has 1 aromatic heterocycles. The van der Waals surface area contributed by atoms with E-state index in [1.165, 1.54) is 0 Å². The van der Waals surface area contributed by atoms with Gasteiger partial charge in [0.05, 0.1) is 11.6 Å². The van der Waals surface area contributed by atoms with Gasteiger partial charge in [0.15, 0.2) is 0 Å². The van der Waals surface area contributed by atoms with Crippen LogP contribution in [0.4, 0.5) is 4.79 Å². The zero-order chi connectivity index (χ0) is 16.6. The first-order valence-corrected chi connectivity index (χ1v) is 8.73. The van der Waals surface area contributed by atoms with Crippen LogP contribution in [0.5, 0.6) is 0 Å². The number of hydrogen-bond acceptors (Lipinski definition) is 3. The summed E-state index contributed by atoms with van der Waals surface area (Å²) in [5, 5.41) is 5.80. The number of rotatable bonds is 1. The van der Waals surface area contributed by atoms with Crippen LogP contribution >= 0.6 is 15.9 Å². The van der Waals surface area contributed by atoms with Gasteiger partial charge in [-0.25, -0.2) is 4.79 Å². The summed E-state index contributed by atoms with van der Waals surface area (Å²) in [6.45, 7) is 7.10. The molecule has 0 atom stereocenters. The number of hydrogen-bond donors (Lipinski definition) is 0. The minimum Gasteiger partial charge on any atom is -0.444 e. The molecular formula is C17H22BrN3O2. The highest BCUT2D eigenvalue weighted by Crippen LogP contribution is 2.26. The van der Waals surface area contributed by atoms with Gasteiger partial charge in [0.1, 0.15) is 5.60 Å². The molecule has 1 fully saturated rings. The zero-order valence-electron chi connectivity index (χ0n) is 13.8. The fraction of sp³-hybridized carbons (Fsp3) is 0.529. The van der Waals surface area contributed by atoms with Crippen LogP contribution in [0.15, 0.2) is 28.9 Å². The third-order valence-electron chi connectivity index (χ3n) is 3.97. The third kappa shape index (κ3) is 3.86. The number of likely N-dealkylation sites (tertiary alicyclic amines) is 1. The standard InChI is InChI=1S/C17H22BrN3O2/c1-17(2,3)23-16(22)20-8-6-14(7-9-20)21-11-12-10-13(18)4-5-15(12)19-21/h4-5,10-11,14H,6-9H2,1-3H3. The van der Waals surface area contributed by atoms with E-state index in [0.717, 1.165) is 28.2 Å². The van der Waals surface area contributed by atoms with Crippen LogP contribution in [0.3, 0.4) is 0 Å². The van der Waals surface area contributed by atoms with Gasteiger partial charge in [0.2, 0.25) is 0 Å². The molecule has 0 aliphatic carbocycles. The molecule has 6 heteroatoms. The van der Waals surface area contributed by atoms with Crippen LogP contribution in [0.25, 0.3) is 10.9 Å². The van der Waals surface area contributed by atoms with Crippen molar-refractivity contribution in [1.82, 2.24) is 14.7 Å². The van der Waals surface area contributed by atoms with Gasteiger partial charge in [-0.1, -0.05) is 15.9 Å². The van der Waals surface area contributed by atoms with Crippen LogP contribution in [0.1, 0.15) is 39.7 Å². The largest absolute Gasteiger partial charge is 0.444 e. The molecule has 1 aliphatic heterocycles. The highest BCUT2D eigenvalue weighted by molar-refractivity contribution is 9.10. The topological polar surface area (TPSA) is 47.4 Å². The van der Waals surface area contributed by atoms with Gasteiger partial charge in [-0.3, -0.25) is 4.68 Å². The van der Waals surface area contributed by atoms with Crippen molar-refractivity contribution in [2.24, 2.45) is 0 Å². The number of carbonyl (C=O) groups is 1. The molecule has 1 saturated heterocycles. The van der Waals surface area contributed by atoms with Crippen molar-refractivity contribution in [2.75, 3.05) is 13.1 Å². The van der Waals surface area contributed by atoms with E-state index < -0.39 is 5.60 Å². The Morgan fingerprint density at radius 1 is 1.30 bits per heavy atom. The van der Waals surface area contributed by atoms with E-state index in [9.17, 15) is 4.79 Å². The number of ether oxygens (including phenoxy) is 1. The van der Waals surface area contributed by atoms with E-state index in [2.05, 4.69) is 33.3 Å². The maximum atomic E-state index is 12.1. The molecule has 2 heterocycles. The van der Waals surface area contributed by atoms with Gasteiger partial charge in [0.25, 0.3) is 0 Å². The molecule has 0 unspecified atom stereocenters. The van der Waals surface area contributed by atoms with Crippen LogP contribution in [-0.2, 0) is 4.74 Å². The molecule has 3 rings (SSSR count). The number of halogens is 1. The fourth-order valence-corrected chi connectivity index (χ4v) is 3.22. The van der Waals surface area contributed by atoms with Gasteiger partial charge in [-0.05, 0) is 51.8 Å². The second-order valence-corrected chi connectivity index (χ2v) is 7.93. The van der Waals surface area contributed by atoms with Crippen LogP contribution in [0.2, 0.25) is 0 Å². The highest BCUT2D eigenvalue weighted by atomic mass is 79.9. The summed E-state index contributed by atoms with van der Waals surface area (Å²) >= 11 is 3.49. The number of fused-ring (bicyclic) bond motifs is 1. The van der Waals surface area contributed by atoms with Gasteiger partial charge < -0.3 is 9.64 Å². The van der Waals surface area contributed by atoms with E-state index in [0.29, 0.717) is 19.1 Å². The molecule has 1 amide bonds. The van der Waals surface area contributed by atoms with E-state index >= 15 is 0 Å². The number of amides is 1. The summed E-state index contributed by atoms with van der Waals surface area (Å²) in [4.78, 5) is 13.9. The molecule has 23 heavy (non-hydrogen) atoms. The summed E-state index contributed by atoms with van der Waals surface area (Å²) in [5.74, 6) is 0. The zero-order valence-corrected chi connectivity index (χ0v) is 15.3. The SMILES string of the molecule is CC(C)(C)OC(=O)N1CCC(n2cc3cc(Br)ccc3n2)CC1. The Labute approximate surface area is 144 Å². The fourth-order valence-electron chi connectivity index (χ4n) is 2.84. The maximum Gasteiger partial charge on any atom is 0.410 e. The Morgan fingerprint density at radius 2 is 2.00 bits per heavy atom. The lowest BCUT2D eigenvalue weighted by molar-refractivity contribution is 0.0185. The van der Waals surface area contributed by atoms with E-state index in [-0.39, 0.29) is 6.09 Å². The number of aromatic nitrogens is 2. The molecular weight excluding hydrogens is 358 g/mol. The smallest absolute Gasteiger partial charge is 0.410 e. The number of piperidine rings is 1. The van der Waals surface area contributed by atoms with Crippen LogP contribution < -0.4 is 0 Å². The monoisotopic (exact) mass is 379 g/mol. The third-order valence-corrected chi connectivity index (χ3v) is 4.47. The first kappa shape index (κ1) is 16.3. The van der Waals surface area contributed by atoms with Crippen molar-refractivity contribution in [1.29, 1.82) is 0 Å². The van der Waals surface area contributed by atoms with Crippen molar-refractivity contribution in [3.05, 3.63) is 28.9 Å². The maximum absolute atomic E-state index is 12.1. The molecule has 0 spiro atoms. The quantitative estimate of drug-likeness (QED) is 0.738. The predicted molar refractivity (Wildman–Crippen MR) is 93.5 cm³/mol. The van der Waals surface area contributed by atoms with Gasteiger partial charge in [-0.2, -0.15) is 5.10 Å². The van der Waals surface area contributed by atoms with Crippen molar-refractivity contribution in [3.63, 3.8) is 0 Å². The summed E-state index contributed by atoms with van der Waals surface area (Å²) in [7, 11) is 0. The summed E-state index contributed by atoms with van der Waals surface area (Å²) in [5.41, 5.74) is 0.559. The minimum absolute atomic E-state index is 0.217. The average Bonchev–Trinajstić information content (AvgIpc) is 2.88. The average molecular weight is 380 g/mol. The van der Waals surface area contributed by atoms with Crippen molar-refractivity contribution >= 4 is 32.9 Å². The summed E-state index contributed by atoms with van der Waals surface area (Å²) in [6.07, 6.45) is 3.67. The van der Waals surface area contributed by atoms with Crippen molar-refractivity contribution in [3.8, 4) is 0 Å². The lowest BCUT2D eigenvalue weighted by atomic mass is 10.1. The number of benzene rings is 1. The Bertz CT molecular complexity index is 712. The minimum atomic E-state index is -0.443. The van der Waals surface area contributed by atoms with E-state index in [1.54, 1.807) is 4.90 Å². The van der Waals surface area contributed by atoms with Crippen molar-refractivity contribution < 1.29 is 9.53 Å². The first-order chi connectivity index (χ1) is 10.8. The summed E-state index contributed by atoms with van der Waals surface area (Å²) < 4.78 is 8.54. The van der Waals surface area contributed by atoms with Crippen LogP contribution in [0, 0.1) is 0 Å². The lowest BCUT2D eigenvalue weighted by Crippen LogP contribution is -2.42. The Balaban J connectivity index is 1.65. The Hall–Kier alpha value is -1.56. The molecule has 2 aromatic rings. The van der Waals surface area contributed by atoms with Crippen LogP contribution in [-0.4, -0.2) is 39.5 Å². The molecule has 0 radical (unpaired) electrons. The second kappa shape index (κ2) is 6.15. The normalized spacial score (nSPS) is 16.8. The Morgan fingerprint density at radius 3 is 2.65 bits per heavy atom. The number of carbonyl (C=O) groups excluding carboxylic acids is 1. The van der Waals surface area contributed by atoms with Gasteiger partial charge in [0, 0.05) is 29.1 Å². The van der Waals surface area contributed by atoms with Gasteiger partial charge in [-0.15, -0.1) is 0 Å². The van der Waals surface area contributed by atoms with E-state index in [4.69, 9.17) is 4.74 Å². The summed E-state index contributed by atoms with van der Waals surface area (Å²) in [6, 6.07) is 6.44. The molecule has 0 bridgehead atoms. The molecule has 1 aliphatic rings. The molecule has 124 valence electrons. The van der Waals surface area contributed by atoms with Gasteiger partial charge >= 0.3 is 6.09 Å². The second-order valence-electron chi connectivity index (χ2n) is 7.01. The Kier molecular flexibility index (Phi) is 4.36. The first-order valence-electron chi connectivity index (χ1n) is 7.94.